The maximum atomic E-state index is 12.2. The molecule has 1 aliphatic rings. The van der Waals surface area contributed by atoms with Crippen molar-refractivity contribution in [1.29, 1.82) is 0 Å². The third-order valence-electron chi connectivity index (χ3n) is 5.95. The van der Waals surface area contributed by atoms with Gasteiger partial charge in [-0.2, -0.15) is 4.99 Å². The van der Waals surface area contributed by atoms with Gasteiger partial charge in [-0.25, -0.2) is 0 Å². The molecule has 0 radical (unpaired) electrons. The Morgan fingerprint density at radius 3 is 2.18 bits per heavy atom. The second kappa shape index (κ2) is 13.5. The van der Waals surface area contributed by atoms with Crippen LogP contribution >= 0.6 is 0 Å². The molecule has 8 heteroatoms. The minimum absolute atomic E-state index is 0. The summed E-state index contributed by atoms with van der Waals surface area (Å²) in [5.41, 5.74) is 11.4. The zero-order valence-corrected chi connectivity index (χ0v) is 22.7. The number of rotatable bonds is 5. The summed E-state index contributed by atoms with van der Waals surface area (Å²) in [6.45, 7) is 9.16. The Morgan fingerprint density at radius 1 is 0.974 bits per heavy atom. The zero-order chi connectivity index (χ0) is 27.7. The molecule has 1 saturated heterocycles. The molecule has 3 aromatic carbocycles. The number of ketones is 1. The van der Waals surface area contributed by atoms with Crippen LogP contribution in [0.5, 0.6) is 5.75 Å². The molecule has 0 aliphatic carbocycles. The summed E-state index contributed by atoms with van der Waals surface area (Å²) in [7, 11) is 3.43. The van der Waals surface area contributed by atoms with Gasteiger partial charge in [0.1, 0.15) is 5.75 Å². The van der Waals surface area contributed by atoms with Crippen molar-refractivity contribution < 1.29 is 20.5 Å². The first-order valence-electron chi connectivity index (χ1n) is 12.5. The number of nitrogens with zero attached hydrogens (tertiary/aromatic N) is 2. The molecule has 38 heavy (non-hydrogen) atoms. The first-order chi connectivity index (χ1) is 18.2. The van der Waals surface area contributed by atoms with Crippen molar-refractivity contribution in [3.8, 4) is 16.9 Å². The van der Waals surface area contributed by atoms with Crippen LogP contribution in [0.25, 0.3) is 11.1 Å². The van der Waals surface area contributed by atoms with Crippen LogP contribution in [-0.2, 0) is 4.74 Å². The van der Waals surface area contributed by atoms with E-state index in [-0.39, 0.29) is 19.1 Å². The minimum Gasteiger partial charge on any atom is -0.425 e. The van der Waals surface area contributed by atoms with Gasteiger partial charge in [0, 0.05) is 45.3 Å². The number of carbonyl (C=O) groups is 2. The van der Waals surface area contributed by atoms with E-state index in [1.54, 1.807) is 39.2 Å². The average molecular weight is 519 g/mol. The van der Waals surface area contributed by atoms with Crippen molar-refractivity contribution in [2.24, 2.45) is 10.7 Å². The third-order valence-corrected chi connectivity index (χ3v) is 5.95. The van der Waals surface area contributed by atoms with Crippen molar-refractivity contribution in [3.63, 3.8) is 0 Å². The standard InChI is InChI=1S/C26H27N3O3.C4H9NO.H2/c1-16-14-19(10-12-21(16)18(3)30)23-8-6-7-9-24(23)32-26(27)28-20-11-13-22(17(2)15-20)25(31)29(4)5;1-3-6-4-2-5-1;/h6-15H,1-5H3,(H2,27,28);5H,1-4H2;1H. The van der Waals surface area contributed by atoms with Crippen LogP contribution in [0.1, 0.15) is 40.2 Å². The molecule has 0 aromatic heterocycles. The molecule has 8 nitrogen and oxygen atoms in total. The molecule has 0 bridgehead atoms. The lowest BCUT2D eigenvalue weighted by Gasteiger charge is -2.13. The summed E-state index contributed by atoms with van der Waals surface area (Å²) < 4.78 is 10.9. The largest absolute Gasteiger partial charge is 0.425 e. The molecule has 0 atom stereocenters. The second-order valence-corrected chi connectivity index (χ2v) is 9.20. The Bertz CT molecular complexity index is 1310. The van der Waals surface area contributed by atoms with Gasteiger partial charge in [0.15, 0.2) is 5.78 Å². The number of hydrogen-bond donors (Lipinski definition) is 2. The fourth-order valence-electron chi connectivity index (χ4n) is 4.00. The van der Waals surface area contributed by atoms with E-state index in [1.807, 2.05) is 56.3 Å². The Balaban J connectivity index is 0.000000672. The molecule has 0 unspecified atom stereocenters. The highest BCUT2D eigenvalue weighted by molar-refractivity contribution is 5.96. The Kier molecular flexibility index (Phi) is 10.2. The van der Waals surface area contributed by atoms with Gasteiger partial charge in [0.05, 0.1) is 18.9 Å². The molecule has 0 spiro atoms. The van der Waals surface area contributed by atoms with Crippen LogP contribution in [0, 0.1) is 13.8 Å². The van der Waals surface area contributed by atoms with Gasteiger partial charge in [-0.15, -0.1) is 0 Å². The van der Waals surface area contributed by atoms with Crippen LogP contribution in [0.4, 0.5) is 5.69 Å². The molecule has 3 N–H and O–H groups in total. The molecular weight excluding hydrogens is 480 g/mol. The van der Waals surface area contributed by atoms with Crippen molar-refractivity contribution >= 4 is 23.4 Å². The van der Waals surface area contributed by atoms with Crippen LogP contribution in [0.2, 0.25) is 0 Å². The van der Waals surface area contributed by atoms with Gasteiger partial charge in [-0.3, -0.25) is 9.59 Å². The number of Topliss-reactive ketones (excluding diaryl/α,β-unsaturated/α-hetero) is 1. The predicted molar refractivity (Wildman–Crippen MR) is 154 cm³/mol. The summed E-state index contributed by atoms with van der Waals surface area (Å²) in [5.74, 6) is 0.519. The zero-order valence-electron chi connectivity index (χ0n) is 22.7. The van der Waals surface area contributed by atoms with Crippen molar-refractivity contribution in [1.82, 2.24) is 10.2 Å². The first-order valence-corrected chi connectivity index (χ1v) is 12.5. The molecule has 0 saturated carbocycles. The molecule has 4 rings (SSSR count). The summed E-state index contributed by atoms with van der Waals surface area (Å²) in [5, 5.41) is 3.16. The normalized spacial score (nSPS) is 13.2. The van der Waals surface area contributed by atoms with Crippen LogP contribution in [-0.4, -0.2) is 63.0 Å². The lowest BCUT2D eigenvalue weighted by molar-refractivity contribution is 0.0826. The number of aliphatic imine (C=N–C) groups is 1. The van der Waals surface area contributed by atoms with E-state index in [0.29, 0.717) is 22.6 Å². The van der Waals surface area contributed by atoms with E-state index in [2.05, 4.69) is 10.3 Å². The number of benzene rings is 3. The van der Waals surface area contributed by atoms with Gasteiger partial charge in [-0.05, 0) is 61.7 Å². The fourth-order valence-corrected chi connectivity index (χ4v) is 4.00. The molecule has 3 aromatic rings. The Morgan fingerprint density at radius 2 is 1.63 bits per heavy atom. The first kappa shape index (κ1) is 28.6. The highest BCUT2D eigenvalue weighted by Gasteiger charge is 2.13. The van der Waals surface area contributed by atoms with E-state index in [9.17, 15) is 9.59 Å². The van der Waals surface area contributed by atoms with Gasteiger partial charge in [0.25, 0.3) is 11.9 Å². The third kappa shape index (κ3) is 7.74. The topological polar surface area (TPSA) is 106 Å². The van der Waals surface area contributed by atoms with Crippen LogP contribution in [0.3, 0.4) is 0 Å². The average Bonchev–Trinajstić information content (AvgIpc) is 2.89. The highest BCUT2D eigenvalue weighted by Crippen LogP contribution is 2.31. The number of morpholine rings is 1. The number of aryl methyl sites for hydroxylation is 2. The number of ether oxygens (including phenoxy) is 2. The van der Waals surface area contributed by atoms with Crippen molar-refractivity contribution in [3.05, 3.63) is 82.9 Å². The number of hydrogen-bond acceptors (Lipinski definition) is 6. The molecular formula is C30H38N4O4. The van der Waals surface area contributed by atoms with E-state index in [4.69, 9.17) is 15.2 Å². The van der Waals surface area contributed by atoms with Crippen molar-refractivity contribution in [2.45, 2.75) is 20.8 Å². The predicted octanol–water partition coefficient (Wildman–Crippen LogP) is 4.75. The summed E-state index contributed by atoms with van der Waals surface area (Å²) in [6.07, 6.45) is 0. The molecule has 1 heterocycles. The maximum absolute atomic E-state index is 12.2. The number of amides is 1. The van der Waals surface area contributed by atoms with E-state index in [1.165, 1.54) is 4.90 Å². The minimum atomic E-state index is -0.0673. The lowest BCUT2D eigenvalue weighted by Crippen LogP contribution is -2.30. The summed E-state index contributed by atoms with van der Waals surface area (Å²) in [4.78, 5) is 29.8. The molecule has 1 fully saturated rings. The quantitative estimate of drug-likeness (QED) is 0.287. The van der Waals surface area contributed by atoms with E-state index >= 15 is 0 Å². The molecule has 1 aliphatic heterocycles. The van der Waals surface area contributed by atoms with E-state index in [0.717, 1.165) is 48.6 Å². The smallest absolute Gasteiger partial charge is 0.292 e. The van der Waals surface area contributed by atoms with Gasteiger partial charge >= 0.3 is 0 Å². The van der Waals surface area contributed by atoms with Gasteiger partial charge in [0.2, 0.25) is 0 Å². The van der Waals surface area contributed by atoms with E-state index < -0.39 is 0 Å². The van der Waals surface area contributed by atoms with Crippen LogP contribution in [0.15, 0.2) is 65.7 Å². The Hall–Kier alpha value is -4.01. The maximum Gasteiger partial charge on any atom is 0.292 e. The van der Waals surface area contributed by atoms with Gasteiger partial charge < -0.3 is 25.4 Å². The fraction of sp³-hybridized carbons (Fsp3) is 0.300. The highest BCUT2D eigenvalue weighted by atomic mass is 16.5. The second-order valence-electron chi connectivity index (χ2n) is 9.20. The summed E-state index contributed by atoms with van der Waals surface area (Å²) in [6, 6.07) is 18.4. The Labute approximate surface area is 226 Å². The van der Waals surface area contributed by atoms with Gasteiger partial charge in [-0.1, -0.05) is 36.4 Å². The lowest BCUT2D eigenvalue weighted by atomic mass is 9.98. The number of nitrogens with one attached hydrogen (secondary N) is 1. The SMILES string of the molecule is C1COCCN1.CC(=O)c1ccc(-c2ccccc2OC(N)=Nc2ccc(C(=O)N(C)C)c(C)c2)cc1C.[HH]. The van der Waals surface area contributed by atoms with Crippen molar-refractivity contribution in [2.75, 3.05) is 40.4 Å². The number of amidine groups is 1. The van der Waals surface area contributed by atoms with Crippen LogP contribution < -0.4 is 15.8 Å². The monoisotopic (exact) mass is 518 g/mol. The number of carbonyl (C=O) groups excluding carboxylic acids is 2. The number of nitrogens with two attached hydrogens (primary N) is 1. The number of para-hydroxylation sites is 1. The molecule has 202 valence electrons. The summed E-state index contributed by atoms with van der Waals surface area (Å²) >= 11 is 0. The molecule has 1 amide bonds.